The second-order valence-electron chi connectivity index (χ2n) is 3.43. The van der Waals surface area contributed by atoms with Crippen LogP contribution in [0.4, 0.5) is 0 Å². The van der Waals surface area contributed by atoms with Crippen LogP contribution in [0.1, 0.15) is 18.9 Å². The molecule has 1 aromatic rings. The van der Waals surface area contributed by atoms with Crippen LogP contribution in [0.15, 0.2) is 30.3 Å². The zero-order valence-corrected chi connectivity index (χ0v) is 8.20. The van der Waals surface area contributed by atoms with E-state index in [0.29, 0.717) is 12.6 Å². The molecule has 0 saturated carbocycles. The fourth-order valence-corrected chi connectivity index (χ4v) is 1.05. The van der Waals surface area contributed by atoms with E-state index in [0.717, 1.165) is 13.0 Å². The molecule has 0 bridgehead atoms. The third-order valence-electron chi connectivity index (χ3n) is 1.87. The molecule has 0 heterocycles. The van der Waals surface area contributed by atoms with Crippen molar-refractivity contribution < 1.29 is 10.5 Å². The van der Waals surface area contributed by atoms with Crippen LogP contribution >= 0.6 is 0 Å². The highest BCUT2D eigenvalue weighted by molar-refractivity contribution is 5.13. The number of hydrogen-bond acceptors (Lipinski definition) is 1. The highest BCUT2D eigenvalue weighted by Gasteiger charge is 1.97. The molecule has 0 unspecified atom stereocenters. The molecule has 1 aromatic carbocycles. The predicted octanol–water partition coefficient (Wildman–Crippen LogP) is 1.22. The van der Waals surface area contributed by atoms with Crippen molar-refractivity contribution in [3.63, 3.8) is 0 Å². The molecule has 0 aromatic heterocycles. The zero-order valence-electron chi connectivity index (χ0n) is 8.20. The molecule has 1 atom stereocenters. The lowest BCUT2D eigenvalue weighted by atomic mass is 10.2. The van der Waals surface area contributed by atoms with Gasteiger partial charge in [-0.05, 0) is 12.5 Å². The lowest BCUT2D eigenvalue weighted by molar-refractivity contribution is -0.416. The maximum Gasteiger partial charge on any atom is 0.0837 e. The third-order valence-corrected chi connectivity index (χ3v) is 1.87. The van der Waals surface area contributed by atoms with Gasteiger partial charge >= 0.3 is 0 Å². The van der Waals surface area contributed by atoms with Crippen molar-refractivity contribution in [1.82, 2.24) is 0 Å². The van der Waals surface area contributed by atoms with E-state index in [-0.39, 0.29) is 0 Å². The maximum absolute atomic E-state index is 5.49. The Labute approximate surface area is 79.7 Å². The Balaban J connectivity index is 2.13. The Bertz CT molecular complexity index is 221. The summed E-state index contributed by atoms with van der Waals surface area (Å²) >= 11 is 0. The Morgan fingerprint density at radius 2 is 2.00 bits per heavy atom. The number of quaternary nitrogens is 1. The number of hydrogen-bond donors (Lipinski definition) is 1. The summed E-state index contributed by atoms with van der Waals surface area (Å²) in [6.07, 6.45) is 1.03. The minimum Gasteiger partial charge on any atom is -0.377 e. The van der Waals surface area contributed by atoms with Gasteiger partial charge in [0.05, 0.1) is 19.3 Å². The van der Waals surface area contributed by atoms with Gasteiger partial charge in [0.2, 0.25) is 0 Å². The van der Waals surface area contributed by atoms with Gasteiger partial charge in [-0.2, -0.15) is 0 Å². The van der Waals surface area contributed by atoms with Gasteiger partial charge in [0.25, 0.3) is 0 Å². The van der Waals surface area contributed by atoms with E-state index in [2.05, 4.69) is 24.8 Å². The van der Waals surface area contributed by atoms with E-state index in [1.165, 1.54) is 5.56 Å². The van der Waals surface area contributed by atoms with Crippen molar-refractivity contribution in [1.29, 1.82) is 0 Å². The standard InChI is InChI=1S/C11H17NO/c1-10(12)7-8-13-9-11-5-3-2-4-6-11/h2-6,10H,7-9,12H2,1H3/p+1/t10-/m0/s1. The van der Waals surface area contributed by atoms with Crippen LogP contribution < -0.4 is 5.73 Å². The lowest BCUT2D eigenvalue weighted by Gasteiger charge is -2.04. The molecule has 0 fully saturated rings. The minimum absolute atomic E-state index is 0.482. The molecule has 13 heavy (non-hydrogen) atoms. The summed E-state index contributed by atoms with van der Waals surface area (Å²) < 4.78 is 5.49. The molecule has 0 saturated heterocycles. The highest BCUT2D eigenvalue weighted by Crippen LogP contribution is 2.00. The van der Waals surface area contributed by atoms with Crippen LogP contribution in [-0.2, 0) is 11.3 Å². The Morgan fingerprint density at radius 3 is 2.62 bits per heavy atom. The maximum atomic E-state index is 5.49. The molecule has 0 aliphatic carbocycles. The van der Waals surface area contributed by atoms with E-state index in [1.54, 1.807) is 0 Å². The van der Waals surface area contributed by atoms with Gasteiger partial charge < -0.3 is 10.5 Å². The van der Waals surface area contributed by atoms with E-state index in [9.17, 15) is 0 Å². The van der Waals surface area contributed by atoms with Crippen molar-refractivity contribution in [3.8, 4) is 0 Å². The van der Waals surface area contributed by atoms with Gasteiger partial charge in [-0.25, -0.2) is 0 Å². The SMILES string of the molecule is C[C@H]([NH3+])CCOCc1ccccc1. The van der Waals surface area contributed by atoms with Crippen LogP contribution in [0.3, 0.4) is 0 Å². The van der Waals surface area contributed by atoms with Crippen LogP contribution in [0.5, 0.6) is 0 Å². The molecule has 0 radical (unpaired) electrons. The molecular weight excluding hydrogens is 162 g/mol. The first-order valence-corrected chi connectivity index (χ1v) is 4.74. The Morgan fingerprint density at radius 1 is 1.31 bits per heavy atom. The number of benzene rings is 1. The molecule has 1 rings (SSSR count). The summed E-state index contributed by atoms with van der Waals surface area (Å²) in [5, 5.41) is 0. The summed E-state index contributed by atoms with van der Waals surface area (Å²) in [6.45, 7) is 3.62. The Hall–Kier alpha value is -0.860. The summed E-state index contributed by atoms with van der Waals surface area (Å²) in [7, 11) is 0. The van der Waals surface area contributed by atoms with Crippen LogP contribution in [-0.4, -0.2) is 12.6 Å². The van der Waals surface area contributed by atoms with Gasteiger partial charge in [0.1, 0.15) is 0 Å². The van der Waals surface area contributed by atoms with E-state index in [1.807, 2.05) is 18.2 Å². The van der Waals surface area contributed by atoms with Crippen molar-refractivity contribution in [2.24, 2.45) is 0 Å². The van der Waals surface area contributed by atoms with E-state index >= 15 is 0 Å². The molecule has 72 valence electrons. The fourth-order valence-electron chi connectivity index (χ4n) is 1.05. The summed E-state index contributed by atoms with van der Waals surface area (Å²) in [4.78, 5) is 0. The lowest BCUT2D eigenvalue weighted by Crippen LogP contribution is -2.59. The summed E-state index contributed by atoms with van der Waals surface area (Å²) in [5.74, 6) is 0. The van der Waals surface area contributed by atoms with E-state index < -0.39 is 0 Å². The molecule has 3 N–H and O–H groups in total. The van der Waals surface area contributed by atoms with Crippen molar-refractivity contribution in [2.75, 3.05) is 6.61 Å². The van der Waals surface area contributed by atoms with Crippen LogP contribution in [0.25, 0.3) is 0 Å². The van der Waals surface area contributed by atoms with Crippen LogP contribution in [0, 0.1) is 0 Å². The topological polar surface area (TPSA) is 36.9 Å². The molecule has 2 heteroatoms. The van der Waals surface area contributed by atoms with Gasteiger partial charge in [-0.1, -0.05) is 30.3 Å². The first kappa shape index (κ1) is 10.2. The monoisotopic (exact) mass is 180 g/mol. The minimum atomic E-state index is 0.482. The quantitative estimate of drug-likeness (QED) is 0.680. The Kier molecular flexibility index (Phi) is 4.50. The molecule has 0 amide bonds. The largest absolute Gasteiger partial charge is 0.377 e. The van der Waals surface area contributed by atoms with Crippen LogP contribution in [0.2, 0.25) is 0 Å². The van der Waals surface area contributed by atoms with Gasteiger partial charge in [0.15, 0.2) is 0 Å². The predicted molar refractivity (Wildman–Crippen MR) is 53.1 cm³/mol. The van der Waals surface area contributed by atoms with E-state index in [4.69, 9.17) is 4.74 Å². The molecule has 0 aliphatic heterocycles. The second-order valence-corrected chi connectivity index (χ2v) is 3.43. The van der Waals surface area contributed by atoms with Crippen molar-refractivity contribution in [3.05, 3.63) is 35.9 Å². The highest BCUT2D eigenvalue weighted by atomic mass is 16.5. The number of rotatable bonds is 5. The third kappa shape index (κ3) is 4.65. The first-order chi connectivity index (χ1) is 6.29. The molecule has 0 aliphatic rings. The fraction of sp³-hybridized carbons (Fsp3) is 0.455. The number of ether oxygens (including phenoxy) is 1. The van der Waals surface area contributed by atoms with Gasteiger partial charge in [-0.3, -0.25) is 0 Å². The van der Waals surface area contributed by atoms with Gasteiger partial charge in [0, 0.05) is 6.42 Å². The molecule has 0 spiro atoms. The van der Waals surface area contributed by atoms with Crippen molar-refractivity contribution in [2.45, 2.75) is 26.0 Å². The van der Waals surface area contributed by atoms with Crippen molar-refractivity contribution >= 4 is 0 Å². The summed E-state index contributed by atoms with van der Waals surface area (Å²) in [5.41, 5.74) is 5.14. The van der Waals surface area contributed by atoms with Gasteiger partial charge in [-0.15, -0.1) is 0 Å². The normalized spacial score (nSPS) is 12.8. The summed E-state index contributed by atoms with van der Waals surface area (Å²) in [6, 6.07) is 10.7. The average Bonchev–Trinajstić information content (AvgIpc) is 2.14. The first-order valence-electron chi connectivity index (χ1n) is 4.74. The average molecular weight is 180 g/mol. The second kappa shape index (κ2) is 5.73. The molecular formula is C11H18NO+. The smallest absolute Gasteiger partial charge is 0.0837 e. The zero-order chi connectivity index (χ0) is 9.52. The molecule has 2 nitrogen and oxygen atoms in total.